The van der Waals surface area contributed by atoms with Crippen LogP contribution in [0.15, 0.2) is 42.5 Å². The SMILES string of the molecule is CCc1cc(Cl)c2c(c1)[C@H]1CN(Cl)C[C@@H]1N(Cc1ccccc1)C2=O. The Balaban J connectivity index is 1.79. The second kappa shape index (κ2) is 6.64. The lowest BCUT2D eigenvalue weighted by atomic mass is 9.83. The fourth-order valence-electron chi connectivity index (χ4n) is 4.03. The van der Waals surface area contributed by atoms with E-state index >= 15 is 0 Å². The van der Waals surface area contributed by atoms with Gasteiger partial charge in [0.1, 0.15) is 0 Å². The Kier molecular flexibility index (Phi) is 4.48. The van der Waals surface area contributed by atoms with Crippen LogP contribution in [0.2, 0.25) is 5.02 Å². The van der Waals surface area contributed by atoms with Gasteiger partial charge in [-0.15, -0.1) is 0 Å². The molecule has 2 aromatic rings. The number of amides is 1. The zero-order valence-corrected chi connectivity index (χ0v) is 15.6. The number of hydrogen-bond acceptors (Lipinski definition) is 2. The fraction of sp³-hybridized carbons (Fsp3) is 0.350. The third kappa shape index (κ3) is 2.95. The molecule has 0 aliphatic carbocycles. The van der Waals surface area contributed by atoms with Crippen molar-refractivity contribution >= 4 is 29.3 Å². The average Bonchev–Trinajstić information content (AvgIpc) is 3.00. The van der Waals surface area contributed by atoms with Crippen LogP contribution in [0, 0.1) is 0 Å². The molecule has 1 fully saturated rings. The molecule has 0 unspecified atom stereocenters. The van der Waals surface area contributed by atoms with Crippen molar-refractivity contribution in [3.05, 3.63) is 69.7 Å². The number of nitrogens with zero attached hydrogens (tertiary/aromatic N) is 2. The fourth-order valence-corrected chi connectivity index (χ4v) is 4.65. The molecule has 5 heteroatoms. The van der Waals surface area contributed by atoms with Gasteiger partial charge in [-0.05, 0) is 41.0 Å². The van der Waals surface area contributed by atoms with E-state index in [1.807, 2.05) is 41.3 Å². The van der Waals surface area contributed by atoms with Crippen LogP contribution in [0.1, 0.15) is 39.9 Å². The molecule has 0 spiro atoms. The largest absolute Gasteiger partial charge is 0.329 e. The van der Waals surface area contributed by atoms with Crippen molar-refractivity contribution in [2.45, 2.75) is 31.8 Å². The lowest BCUT2D eigenvalue weighted by Gasteiger charge is -2.38. The summed E-state index contributed by atoms with van der Waals surface area (Å²) in [5.74, 6) is 0.220. The summed E-state index contributed by atoms with van der Waals surface area (Å²) in [6, 6.07) is 14.2. The standard InChI is InChI=1S/C20H20Cl2N2O/c1-2-13-8-15-16-11-23(22)12-18(16)24(10-14-6-4-3-5-7-14)20(25)19(15)17(21)9-13/h3-9,16,18H,2,10-12H2,1H3/t16-,18+/m1/s1. The number of halogens is 2. The Morgan fingerprint density at radius 3 is 2.60 bits per heavy atom. The maximum absolute atomic E-state index is 13.3. The van der Waals surface area contributed by atoms with Gasteiger partial charge in [0.25, 0.3) is 5.91 Å². The molecule has 1 saturated heterocycles. The van der Waals surface area contributed by atoms with Crippen LogP contribution in [0.5, 0.6) is 0 Å². The second-order valence-corrected chi connectivity index (χ2v) is 7.70. The first kappa shape index (κ1) is 16.9. The monoisotopic (exact) mass is 374 g/mol. The number of carbonyl (C=O) groups excluding carboxylic acids is 1. The van der Waals surface area contributed by atoms with E-state index in [1.54, 1.807) is 4.42 Å². The third-order valence-corrected chi connectivity index (χ3v) is 5.88. The third-order valence-electron chi connectivity index (χ3n) is 5.30. The van der Waals surface area contributed by atoms with E-state index in [0.717, 1.165) is 24.1 Å². The van der Waals surface area contributed by atoms with Crippen LogP contribution in [-0.2, 0) is 13.0 Å². The predicted molar refractivity (Wildman–Crippen MR) is 101 cm³/mol. The minimum atomic E-state index is 0.0136. The molecule has 130 valence electrons. The highest BCUT2D eigenvalue weighted by Crippen LogP contribution is 2.42. The molecule has 0 N–H and O–H groups in total. The minimum absolute atomic E-state index is 0.0136. The summed E-state index contributed by atoms with van der Waals surface area (Å²) in [6.07, 6.45) is 0.900. The van der Waals surface area contributed by atoms with Crippen LogP contribution in [0.4, 0.5) is 0 Å². The minimum Gasteiger partial charge on any atom is -0.329 e. The summed E-state index contributed by atoms with van der Waals surface area (Å²) in [4.78, 5) is 15.2. The van der Waals surface area contributed by atoms with Crippen LogP contribution < -0.4 is 0 Å². The number of aryl methyl sites for hydroxylation is 1. The van der Waals surface area contributed by atoms with Crippen LogP contribution >= 0.6 is 23.4 Å². The molecular weight excluding hydrogens is 355 g/mol. The molecule has 2 aliphatic heterocycles. The molecule has 0 bridgehead atoms. The van der Waals surface area contributed by atoms with Crippen molar-refractivity contribution in [2.75, 3.05) is 13.1 Å². The van der Waals surface area contributed by atoms with Crippen molar-refractivity contribution in [3.8, 4) is 0 Å². The van der Waals surface area contributed by atoms with Gasteiger partial charge in [-0.25, -0.2) is 4.42 Å². The summed E-state index contributed by atoms with van der Waals surface area (Å²) >= 11 is 12.9. The summed E-state index contributed by atoms with van der Waals surface area (Å²) in [5, 5.41) is 0.559. The van der Waals surface area contributed by atoms with Crippen molar-refractivity contribution in [2.24, 2.45) is 0 Å². The van der Waals surface area contributed by atoms with Crippen molar-refractivity contribution < 1.29 is 4.79 Å². The Bertz CT molecular complexity index is 809. The molecule has 2 aliphatic rings. The quantitative estimate of drug-likeness (QED) is 0.739. The number of benzene rings is 2. The van der Waals surface area contributed by atoms with E-state index in [2.05, 4.69) is 13.0 Å². The molecule has 1 amide bonds. The highest BCUT2D eigenvalue weighted by molar-refractivity contribution is 6.34. The van der Waals surface area contributed by atoms with Gasteiger partial charge in [0, 0.05) is 25.6 Å². The van der Waals surface area contributed by atoms with Crippen LogP contribution in [0.3, 0.4) is 0 Å². The number of carbonyl (C=O) groups is 1. The first-order chi connectivity index (χ1) is 12.1. The summed E-state index contributed by atoms with van der Waals surface area (Å²) in [6.45, 7) is 4.10. The van der Waals surface area contributed by atoms with Crippen molar-refractivity contribution in [1.82, 2.24) is 9.32 Å². The smallest absolute Gasteiger partial charge is 0.256 e. The predicted octanol–water partition coefficient (Wildman–Crippen LogP) is 4.48. The Morgan fingerprint density at radius 2 is 1.88 bits per heavy atom. The van der Waals surface area contributed by atoms with Gasteiger partial charge in [0.2, 0.25) is 0 Å². The zero-order chi connectivity index (χ0) is 17.6. The highest BCUT2D eigenvalue weighted by atomic mass is 35.5. The molecule has 4 rings (SSSR count). The summed E-state index contributed by atoms with van der Waals surface area (Å²) in [5.41, 5.74) is 4.00. The molecule has 0 saturated carbocycles. The van der Waals surface area contributed by atoms with Crippen LogP contribution in [-0.4, -0.2) is 34.4 Å². The van der Waals surface area contributed by atoms with Crippen molar-refractivity contribution in [1.29, 1.82) is 0 Å². The second-order valence-electron chi connectivity index (χ2n) is 6.82. The number of hydrogen-bond donors (Lipinski definition) is 0. The van der Waals surface area contributed by atoms with Crippen molar-refractivity contribution in [3.63, 3.8) is 0 Å². The number of rotatable bonds is 3. The summed E-state index contributed by atoms with van der Waals surface area (Å²) < 4.78 is 1.79. The zero-order valence-electron chi connectivity index (χ0n) is 14.1. The van der Waals surface area contributed by atoms with E-state index in [9.17, 15) is 4.79 Å². The van der Waals surface area contributed by atoms with Gasteiger partial charge in [0.15, 0.2) is 0 Å². The van der Waals surface area contributed by atoms with Gasteiger partial charge < -0.3 is 4.90 Å². The topological polar surface area (TPSA) is 23.6 Å². The van der Waals surface area contributed by atoms with Gasteiger partial charge in [0.05, 0.1) is 16.6 Å². The van der Waals surface area contributed by atoms with Gasteiger partial charge in [-0.2, -0.15) is 0 Å². The number of fused-ring (bicyclic) bond motifs is 3. The molecule has 3 nitrogen and oxygen atoms in total. The van der Waals surface area contributed by atoms with E-state index in [0.29, 0.717) is 23.7 Å². The van der Waals surface area contributed by atoms with Crippen LogP contribution in [0.25, 0.3) is 0 Å². The Morgan fingerprint density at radius 1 is 1.12 bits per heavy atom. The first-order valence-corrected chi connectivity index (χ1v) is 9.38. The van der Waals surface area contributed by atoms with Gasteiger partial charge >= 0.3 is 0 Å². The van der Waals surface area contributed by atoms with Gasteiger partial charge in [-0.1, -0.05) is 54.9 Å². The molecule has 2 heterocycles. The molecule has 2 aromatic carbocycles. The lowest BCUT2D eigenvalue weighted by molar-refractivity contribution is 0.0627. The molecular formula is C20H20Cl2N2O. The molecule has 25 heavy (non-hydrogen) atoms. The van der Waals surface area contributed by atoms with E-state index in [4.69, 9.17) is 23.4 Å². The Labute approximate surface area is 158 Å². The normalized spacial score (nSPS) is 22.8. The van der Waals surface area contributed by atoms with E-state index in [1.165, 1.54) is 5.56 Å². The summed E-state index contributed by atoms with van der Waals surface area (Å²) in [7, 11) is 0. The molecule has 0 radical (unpaired) electrons. The van der Waals surface area contributed by atoms with E-state index in [-0.39, 0.29) is 17.9 Å². The Hall–Kier alpha value is -1.55. The maximum atomic E-state index is 13.3. The highest BCUT2D eigenvalue weighted by Gasteiger charge is 2.45. The van der Waals surface area contributed by atoms with E-state index < -0.39 is 0 Å². The average molecular weight is 375 g/mol. The van der Waals surface area contributed by atoms with Gasteiger partial charge in [-0.3, -0.25) is 4.79 Å². The molecule has 0 aromatic heterocycles. The lowest BCUT2D eigenvalue weighted by Crippen LogP contribution is -2.47. The maximum Gasteiger partial charge on any atom is 0.256 e. The molecule has 2 atom stereocenters. The first-order valence-electron chi connectivity index (χ1n) is 8.66.